The fraction of sp³-hybridized carbons (Fsp3) is 0.533. The van der Waals surface area contributed by atoms with Crippen molar-refractivity contribution in [1.29, 1.82) is 0 Å². The number of benzene rings is 1. The maximum atomic E-state index is 5.34. The van der Waals surface area contributed by atoms with Crippen LogP contribution < -0.4 is 10.1 Å². The van der Waals surface area contributed by atoms with Gasteiger partial charge in [-0.3, -0.25) is 4.99 Å². The monoisotopic (exact) mass is 278 g/mol. The topological polar surface area (TPSA) is 33.6 Å². The second-order valence-electron chi connectivity index (χ2n) is 4.94. The van der Waals surface area contributed by atoms with Gasteiger partial charge in [-0.1, -0.05) is 37.7 Å². The predicted molar refractivity (Wildman–Crippen MR) is 84.4 cm³/mol. The first-order valence-corrected chi connectivity index (χ1v) is 7.79. The number of para-hydroxylation sites is 2. The van der Waals surface area contributed by atoms with Crippen molar-refractivity contribution in [3.05, 3.63) is 24.3 Å². The first kappa shape index (κ1) is 14.3. The average molecular weight is 278 g/mol. The number of nitrogens with zero attached hydrogens (tertiary/aromatic N) is 1. The van der Waals surface area contributed by atoms with Crippen LogP contribution in [0.2, 0.25) is 0 Å². The number of amidine groups is 1. The Balaban J connectivity index is 2.07. The van der Waals surface area contributed by atoms with E-state index in [1.807, 2.05) is 36.0 Å². The van der Waals surface area contributed by atoms with Crippen molar-refractivity contribution in [2.45, 2.75) is 26.7 Å². The van der Waals surface area contributed by atoms with Crippen molar-refractivity contribution in [1.82, 2.24) is 0 Å². The summed E-state index contributed by atoms with van der Waals surface area (Å²) in [4.78, 5) is 4.71. The Kier molecular flexibility index (Phi) is 4.75. The van der Waals surface area contributed by atoms with Crippen molar-refractivity contribution >= 4 is 22.6 Å². The van der Waals surface area contributed by atoms with Gasteiger partial charge in [0.1, 0.15) is 5.75 Å². The van der Waals surface area contributed by atoms with E-state index < -0.39 is 0 Å². The zero-order valence-electron chi connectivity index (χ0n) is 11.9. The van der Waals surface area contributed by atoms with Crippen molar-refractivity contribution in [2.75, 3.05) is 24.7 Å². The van der Waals surface area contributed by atoms with Crippen LogP contribution in [-0.2, 0) is 0 Å². The van der Waals surface area contributed by atoms with Crippen LogP contribution in [0.1, 0.15) is 26.7 Å². The number of ether oxygens (including phenoxy) is 1. The fourth-order valence-corrected chi connectivity index (χ4v) is 3.45. The molecule has 1 aliphatic heterocycles. The molecule has 2 rings (SSSR count). The summed E-state index contributed by atoms with van der Waals surface area (Å²) >= 11 is 1.82. The van der Waals surface area contributed by atoms with E-state index >= 15 is 0 Å². The van der Waals surface area contributed by atoms with Crippen LogP contribution in [0.15, 0.2) is 29.3 Å². The standard InChI is InChI=1S/C15H22N2OS/c1-4-15(5-2)10-16-14(19-11-15)17-12-8-6-7-9-13(12)18-3/h6-9H,4-5,10-11H2,1-3H3,(H,16,17). The number of rotatable bonds is 4. The Bertz CT molecular complexity index is 455. The van der Waals surface area contributed by atoms with Crippen LogP contribution in [0.4, 0.5) is 5.69 Å². The highest BCUT2D eigenvalue weighted by atomic mass is 32.2. The molecule has 0 aliphatic carbocycles. The highest BCUT2D eigenvalue weighted by Gasteiger charge is 2.30. The van der Waals surface area contributed by atoms with Gasteiger partial charge in [0, 0.05) is 12.3 Å². The molecule has 0 saturated carbocycles. The van der Waals surface area contributed by atoms with E-state index in [2.05, 4.69) is 19.2 Å². The Morgan fingerprint density at radius 3 is 2.63 bits per heavy atom. The minimum absolute atomic E-state index is 0.386. The molecule has 0 unspecified atom stereocenters. The minimum Gasteiger partial charge on any atom is -0.495 e. The largest absolute Gasteiger partial charge is 0.495 e. The number of hydrogen-bond acceptors (Lipinski definition) is 4. The second kappa shape index (κ2) is 6.33. The molecule has 1 heterocycles. The van der Waals surface area contributed by atoms with Gasteiger partial charge in [0.05, 0.1) is 12.8 Å². The molecule has 0 atom stereocenters. The van der Waals surface area contributed by atoms with Gasteiger partial charge >= 0.3 is 0 Å². The van der Waals surface area contributed by atoms with E-state index in [1.165, 1.54) is 12.8 Å². The molecule has 1 N–H and O–H groups in total. The fourth-order valence-electron chi connectivity index (χ4n) is 2.17. The molecule has 0 saturated heterocycles. The molecule has 3 nitrogen and oxygen atoms in total. The lowest BCUT2D eigenvalue weighted by molar-refractivity contribution is 0.318. The maximum absolute atomic E-state index is 5.34. The van der Waals surface area contributed by atoms with Crippen LogP contribution in [0.3, 0.4) is 0 Å². The van der Waals surface area contributed by atoms with Gasteiger partial charge in [-0.2, -0.15) is 0 Å². The minimum atomic E-state index is 0.386. The Labute approximate surface area is 119 Å². The molecule has 0 fully saturated rings. The molecule has 19 heavy (non-hydrogen) atoms. The summed E-state index contributed by atoms with van der Waals surface area (Å²) in [5, 5.41) is 4.38. The molecule has 104 valence electrons. The van der Waals surface area contributed by atoms with Crippen LogP contribution >= 0.6 is 11.8 Å². The summed E-state index contributed by atoms with van der Waals surface area (Å²) in [5.41, 5.74) is 1.37. The quantitative estimate of drug-likeness (QED) is 0.903. The summed E-state index contributed by atoms with van der Waals surface area (Å²) in [6, 6.07) is 7.95. The van der Waals surface area contributed by atoms with E-state index in [0.29, 0.717) is 5.41 Å². The number of nitrogens with one attached hydrogen (secondary N) is 1. The average Bonchev–Trinajstić information content (AvgIpc) is 2.49. The van der Waals surface area contributed by atoms with Crippen molar-refractivity contribution in [3.8, 4) is 5.75 Å². The molecule has 0 bridgehead atoms. The molecule has 0 radical (unpaired) electrons. The first-order valence-electron chi connectivity index (χ1n) is 6.80. The van der Waals surface area contributed by atoms with Crippen LogP contribution in [0.25, 0.3) is 0 Å². The smallest absolute Gasteiger partial charge is 0.161 e. The lowest BCUT2D eigenvalue weighted by atomic mass is 9.84. The van der Waals surface area contributed by atoms with Gasteiger partial charge in [-0.25, -0.2) is 0 Å². The van der Waals surface area contributed by atoms with E-state index in [1.54, 1.807) is 7.11 Å². The number of thioether (sulfide) groups is 1. The zero-order valence-corrected chi connectivity index (χ0v) is 12.7. The number of aliphatic imine (C=N–C) groups is 1. The van der Waals surface area contributed by atoms with Crippen LogP contribution in [-0.4, -0.2) is 24.6 Å². The third-order valence-electron chi connectivity index (χ3n) is 3.92. The maximum Gasteiger partial charge on any atom is 0.161 e. The second-order valence-corrected chi connectivity index (χ2v) is 5.91. The van der Waals surface area contributed by atoms with Gasteiger partial charge in [-0.05, 0) is 30.4 Å². The molecule has 1 aliphatic rings. The highest BCUT2D eigenvalue weighted by molar-refractivity contribution is 8.14. The Hall–Kier alpha value is -1.16. The number of anilines is 1. The molecular formula is C15H22N2OS. The molecule has 1 aromatic rings. The Morgan fingerprint density at radius 1 is 1.32 bits per heavy atom. The van der Waals surface area contributed by atoms with Gasteiger partial charge in [0.25, 0.3) is 0 Å². The molecule has 0 aromatic heterocycles. The van der Waals surface area contributed by atoms with Crippen molar-refractivity contribution in [2.24, 2.45) is 10.4 Å². The van der Waals surface area contributed by atoms with E-state index in [-0.39, 0.29) is 0 Å². The van der Waals surface area contributed by atoms with E-state index in [9.17, 15) is 0 Å². The summed E-state index contributed by atoms with van der Waals surface area (Å²) in [7, 11) is 1.69. The predicted octanol–water partition coefficient (Wildman–Crippen LogP) is 4.02. The third kappa shape index (κ3) is 3.24. The summed E-state index contributed by atoms with van der Waals surface area (Å²) in [6.07, 6.45) is 2.39. The van der Waals surface area contributed by atoms with Gasteiger partial charge < -0.3 is 10.1 Å². The number of hydrogen-bond donors (Lipinski definition) is 1. The van der Waals surface area contributed by atoms with Crippen molar-refractivity contribution < 1.29 is 4.74 Å². The molecular weight excluding hydrogens is 256 g/mol. The Morgan fingerprint density at radius 2 is 2.05 bits per heavy atom. The summed E-state index contributed by atoms with van der Waals surface area (Å²) < 4.78 is 5.34. The van der Waals surface area contributed by atoms with E-state index in [0.717, 1.165) is 28.9 Å². The summed E-state index contributed by atoms with van der Waals surface area (Å²) in [5.74, 6) is 2.00. The molecule has 4 heteroatoms. The SMILES string of the molecule is CCC1(CC)CN=C(Nc2ccccc2OC)SC1. The molecule has 0 amide bonds. The van der Waals surface area contributed by atoms with Gasteiger partial charge in [0.2, 0.25) is 0 Å². The molecule has 1 aromatic carbocycles. The zero-order chi connectivity index (χ0) is 13.7. The van der Waals surface area contributed by atoms with Crippen molar-refractivity contribution in [3.63, 3.8) is 0 Å². The summed E-state index contributed by atoms with van der Waals surface area (Å²) in [6.45, 7) is 5.45. The van der Waals surface area contributed by atoms with Crippen LogP contribution in [0.5, 0.6) is 5.75 Å². The van der Waals surface area contributed by atoms with Crippen LogP contribution in [0, 0.1) is 5.41 Å². The lowest BCUT2D eigenvalue weighted by Gasteiger charge is -2.33. The lowest BCUT2D eigenvalue weighted by Crippen LogP contribution is -2.32. The number of methoxy groups -OCH3 is 1. The van der Waals surface area contributed by atoms with Gasteiger partial charge in [-0.15, -0.1) is 0 Å². The van der Waals surface area contributed by atoms with E-state index in [4.69, 9.17) is 9.73 Å². The third-order valence-corrected chi connectivity index (χ3v) is 5.18. The highest BCUT2D eigenvalue weighted by Crippen LogP contribution is 2.36. The first-order chi connectivity index (χ1) is 9.23. The molecule has 0 spiro atoms. The normalized spacial score (nSPS) is 17.7. The van der Waals surface area contributed by atoms with Gasteiger partial charge in [0.15, 0.2) is 5.17 Å².